The second kappa shape index (κ2) is 4.70. The molecule has 2 N–H and O–H groups in total. The van der Waals surface area contributed by atoms with Crippen molar-refractivity contribution in [3.05, 3.63) is 53.4 Å². The van der Waals surface area contributed by atoms with Crippen molar-refractivity contribution in [2.45, 2.75) is 0 Å². The van der Waals surface area contributed by atoms with E-state index in [1.807, 2.05) is 12.1 Å². The number of anilines is 1. The molecule has 0 aliphatic heterocycles. The quantitative estimate of drug-likeness (QED) is 0.753. The first-order chi connectivity index (χ1) is 9.25. The van der Waals surface area contributed by atoms with E-state index in [0.717, 1.165) is 10.9 Å². The maximum absolute atomic E-state index is 12.1. The van der Waals surface area contributed by atoms with Crippen LogP contribution in [0.3, 0.4) is 0 Å². The van der Waals surface area contributed by atoms with Crippen LogP contribution in [0.5, 0.6) is 0 Å². The summed E-state index contributed by atoms with van der Waals surface area (Å²) < 4.78 is 0. The van der Waals surface area contributed by atoms with Crippen LogP contribution in [0.1, 0.15) is 10.4 Å². The Morgan fingerprint density at radius 2 is 2.16 bits per heavy atom. The fraction of sp³-hybridized carbons (Fsp3) is 0. The Morgan fingerprint density at radius 1 is 1.26 bits per heavy atom. The zero-order valence-electron chi connectivity index (χ0n) is 9.72. The summed E-state index contributed by atoms with van der Waals surface area (Å²) in [5.41, 5.74) is 1.82. The average Bonchev–Trinajstić information content (AvgIpc) is 2.88. The molecule has 2 aromatic heterocycles. The Morgan fingerprint density at radius 3 is 3.00 bits per heavy atom. The summed E-state index contributed by atoms with van der Waals surface area (Å²) in [7, 11) is 0. The summed E-state index contributed by atoms with van der Waals surface area (Å²) in [6.45, 7) is 0. The number of carbonyl (C=O) groups excluding carboxylic acids is 1. The van der Waals surface area contributed by atoms with Crippen molar-refractivity contribution >= 4 is 34.1 Å². The first-order valence-corrected chi connectivity index (χ1v) is 5.96. The lowest BCUT2D eigenvalue weighted by Crippen LogP contribution is -2.12. The molecule has 5 nitrogen and oxygen atoms in total. The number of pyridine rings is 1. The number of para-hydroxylation sites is 1. The van der Waals surface area contributed by atoms with Crippen LogP contribution in [0.4, 0.5) is 5.69 Å². The van der Waals surface area contributed by atoms with E-state index in [1.54, 1.807) is 18.3 Å². The van der Waals surface area contributed by atoms with E-state index in [2.05, 4.69) is 20.5 Å². The van der Waals surface area contributed by atoms with Gasteiger partial charge in [0.05, 0.1) is 28.0 Å². The molecule has 3 rings (SSSR count). The van der Waals surface area contributed by atoms with E-state index < -0.39 is 0 Å². The molecule has 3 aromatic rings. The molecule has 19 heavy (non-hydrogen) atoms. The van der Waals surface area contributed by atoms with E-state index in [9.17, 15) is 4.79 Å². The van der Waals surface area contributed by atoms with Crippen LogP contribution < -0.4 is 5.32 Å². The van der Waals surface area contributed by atoms with Gasteiger partial charge in [0, 0.05) is 17.8 Å². The number of hydrogen-bond donors (Lipinski definition) is 2. The Labute approximate surface area is 113 Å². The zero-order chi connectivity index (χ0) is 13.2. The number of rotatable bonds is 2. The molecular weight excluding hydrogens is 264 g/mol. The smallest absolute Gasteiger partial charge is 0.257 e. The van der Waals surface area contributed by atoms with Gasteiger partial charge in [-0.3, -0.25) is 14.9 Å². The summed E-state index contributed by atoms with van der Waals surface area (Å²) in [6.07, 6.45) is 4.66. The third-order valence-corrected chi connectivity index (χ3v) is 3.04. The van der Waals surface area contributed by atoms with Gasteiger partial charge in [-0.15, -0.1) is 0 Å². The molecule has 6 heteroatoms. The molecule has 2 heterocycles. The molecule has 0 radical (unpaired) electrons. The summed E-state index contributed by atoms with van der Waals surface area (Å²) >= 11 is 5.94. The standard InChI is InChI=1S/C13H9ClN4O/c14-10-7-15-5-4-9(10)13(19)17-11-3-1-2-8-6-16-18-12(8)11/h1-7H,(H,16,18)(H,17,19). The number of hydrogen-bond acceptors (Lipinski definition) is 3. The van der Waals surface area contributed by atoms with E-state index in [-0.39, 0.29) is 5.91 Å². The molecule has 1 aromatic carbocycles. The number of nitrogens with one attached hydrogen (secondary N) is 2. The zero-order valence-corrected chi connectivity index (χ0v) is 10.5. The normalized spacial score (nSPS) is 10.6. The molecule has 0 saturated heterocycles. The third kappa shape index (κ3) is 2.15. The van der Waals surface area contributed by atoms with Gasteiger partial charge in [0.15, 0.2) is 0 Å². The fourth-order valence-electron chi connectivity index (χ4n) is 1.82. The number of nitrogens with zero attached hydrogens (tertiary/aromatic N) is 2. The highest BCUT2D eigenvalue weighted by Gasteiger charge is 2.12. The van der Waals surface area contributed by atoms with Crippen LogP contribution in [0.25, 0.3) is 10.9 Å². The number of fused-ring (bicyclic) bond motifs is 1. The van der Waals surface area contributed by atoms with E-state index >= 15 is 0 Å². The molecule has 0 fully saturated rings. The number of carbonyl (C=O) groups is 1. The van der Waals surface area contributed by atoms with Gasteiger partial charge in [0.2, 0.25) is 0 Å². The Kier molecular flexibility index (Phi) is 2.89. The molecule has 0 unspecified atom stereocenters. The lowest BCUT2D eigenvalue weighted by atomic mass is 10.2. The molecule has 0 atom stereocenters. The van der Waals surface area contributed by atoms with Crippen LogP contribution in [-0.4, -0.2) is 21.1 Å². The molecule has 0 aliphatic carbocycles. The minimum absolute atomic E-state index is 0.283. The predicted octanol–water partition coefficient (Wildman–Crippen LogP) is 2.86. The van der Waals surface area contributed by atoms with Crippen molar-refractivity contribution in [2.75, 3.05) is 5.32 Å². The van der Waals surface area contributed by atoms with Gasteiger partial charge in [-0.05, 0) is 12.1 Å². The van der Waals surface area contributed by atoms with Crippen molar-refractivity contribution in [1.82, 2.24) is 15.2 Å². The monoisotopic (exact) mass is 272 g/mol. The van der Waals surface area contributed by atoms with Crippen molar-refractivity contribution in [1.29, 1.82) is 0 Å². The topological polar surface area (TPSA) is 70.7 Å². The number of aromatic nitrogens is 3. The first-order valence-electron chi connectivity index (χ1n) is 5.58. The highest BCUT2D eigenvalue weighted by molar-refractivity contribution is 6.34. The van der Waals surface area contributed by atoms with Gasteiger partial charge in [-0.1, -0.05) is 23.7 Å². The molecule has 0 saturated carbocycles. The van der Waals surface area contributed by atoms with Crippen LogP contribution in [0.2, 0.25) is 5.02 Å². The van der Waals surface area contributed by atoms with Crippen LogP contribution >= 0.6 is 11.6 Å². The van der Waals surface area contributed by atoms with E-state index in [0.29, 0.717) is 16.3 Å². The van der Waals surface area contributed by atoms with Crippen LogP contribution in [-0.2, 0) is 0 Å². The molecule has 0 bridgehead atoms. The predicted molar refractivity (Wildman–Crippen MR) is 73.3 cm³/mol. The molecular formula is C13H9ClN4O. The summed E-state index contributed by atoms with van der Waals surface area (Å²) in [5, 5.41) is 10.8. The van der Waals surface area contributed by atoms with Crippen molar-refractivity contribution in [2.24, 2.45) is 0 Å². The lowest BCUT2D eigenvalue weighted by molar-refractivity contribution is 0.102. The fourth-order valence-corrected chi connectivity index (χ4v) is 2.03. The summed E-state index contributed by atoms with van der Waals surface area (Å²) in [4.78, 5) is 16.0. The highest BCUT2D eigenvalue weighted by atomic mass is 35.5. The van der Waals surface area contributed by atoms with Crippen molar-refractivity contribution in [3.63, 3.8) is 0 Å². The average molecular weight is 273 g/mol. The van der Waals surface area contributed by atoms with Gasteiger partial charge in [0.1, 0.15) is 0 Å². The SMILES string of the molecule is O=C(Nc1cccc2cn[nH]c12)c1ccncc1Cl. The van der Waals surface area contributed by atoms with Gasteiger partial charge in [-0.2, -0.15) is 5.10 Å². The minimum Gasteiger partial charge on any atom is -0.320 e. The number of amides is 1. The Bertz CT molecular complexity index is 753. The molecule has 1 amide bonds. The number of H-pyrrole nitrogens is 1. The number of aromatic amines is 1. The first kappa shape index (κ1) is 11.7. The Hall–Kier alpha value is -2.40. The van der Waals surface area contributed by atoms with Crippen molar-refractivity contribution in [3.8, 4) is 0 Å². The second-order valence-corrected chi connectivity index (χ2v) is 4.36. The van der Waals surface area contributed by atoms with E-state index in [1.165, 1.54) is 12.4 Å². The van der Waals surface area contributed by atoms with E-state index in [4.69, 9.17) is 11.6 Å². The maximum atomic E-state index is 12.1. The largest absolute Gasteiger partial charge is 0.320 e. The molecule has 0 spiro atoms. The number of halogens is 1. The minimum atomic E-state index is -0.283. The van der Waals surface area contributed by atoms with Crippen LogP contribution in [0.15, 0.2) is 42.9 Å². The highest BCUT2D eigenvalue weighted by Crippen LogP contribution is 2.22. The third-order valence-electron chi connectivity index (χ3n) is 2.74. The molecule has 94 valence electrons. The summed E-state index contributed by atoms with van der Waals surface area (Å²) in [5.74, 6) is -0.283. The van der Waals surface area contributed by atoms with Gasteiger partial charge in [0.25, 0.3) is 5.91 Å². The van der Waals surface area contributed by atoms with Crippen molar-refractivity contribution < 1.29 is 4.79 Å². The van der Waals surface area contributed by atoms with Gasteiger partial charge >= 0.3 is 0 Å². The summed E-state index contributed by atoms with van der Waals surface area (Å²) in [6, 6.07) is 7.13. The maximum Gasteiger partial charge on any atom is 0.257 e. The molecule has 0 aliphatic rings. The van der Waals surface area contributed by atoms with Crippen LogP contribution in [0, 0.1) is 0 Å². The second-order valence-electron chi connectivity index (χ2n) is 3.95. The Balaban J connectivity index is 1.95. The lowest BCUT2D eigenvalue weighted by Gasteiger charge is -2.07. The van der Waals surface area contributed by atoms with Gasteiger partial charge in [-0.25, -0.2) is 0 Å². The van der Waals surface area contributed by atoms with Gasteiger partial charge < -0.3 is 5.32 Å². The number of benzene rings is 1.